The van der Waals surface area contributed by atoms with Crippen LogP contribution in [0.2, 0.25) is 0 Å². The maximum absolute atomic E-state index is 12.7. The zero-order chi connectivity index (χ0) is 17.9. The highest BCUT2D eigenvalue weighted by Gasteiger charge is 2.26. The van der Waals surface area contributed by atoms with Gasteiger partial charge < -0.3 is 14.9 Å². The van der Waals surface area contributed by atoms with Crippen LogP contribution in [0.4, 0.5) is 5.82 Å². The normalized spacial score (nSPS) is 23.8. The topological polar surface area (TPSA) is 69.6 Å². The molecule has 3 aliphatic rings. The van der Waals surface area contributed by atoms with Crippen LogP contribution in [0.1, 0.15) is 43.4 Å². The number of nitrogens with zero attached hydrogens (tertiary/aromatic N) is 4. The van der Waals surface area contributed by atoms with E-state index in [1.54, 1.807) is 6.33 Å². The Labute approximate surface area is 154 Å². The highest BCUT2D eigenvalue weighted by Crippen LogP contribution is 2.27. The van der Waals surface area contributed by atoms with Crippen molar-refractivity contribution >= 4 is 11.7 Å². The summed E-state index contributed by atoms with van der Waals surface area (Å²) in [4.78, 5) is 26.0. The second kappa shape index (κ2) is 7.74. The van der Waals surface area contributed by atoms with Gasteiger partial charge in [-0.3, -0.25) is 4.79 Å². The number of aliphatic hydroxyl groups excluding tert-OH is 1. The average Bonchev–Trinajstić information content (AvgIpc) is 3.06. The molecule has 1 atom stereocenters. The summed E-state index contributed by atoms with van der Waals surface area (Å²) in [5, 5.41) is 9.76. The Bertz CT molecular complexity index is 682. The number of carbonyl (C=O) groups excluding carboxylic acids is 1. The van der Waals surface area contributed by atoms with Gasteiger partial charge in [0.15, 0.2) is 0 Å². The van der Waals surface area contributed by atoms with Crippen molar-refractivity contribution in [3.8, 4) is 0 Å². The maximum atomic E-state index is 12.7. The van der Waals surface area contributed by atoms with Crippen LogP contribution in [0, 0.1) is 5.92 Å². The maximum Gasteiger partial charge on any atom is 0.223 e. The predicted molar refractivity (Wildman–Crippen MR) is 100.0 cm³/mol. The summed E-state index contributed by atoms with van der Waals surface area (Å²) in [6, 6.07) is 0. The molecule has 1 N–H and O–H groups in total. The van der Waals surface area contributed by atoms with Gasteiger partial charge in [0.2, 0.25) is 5.91 Å². The van der Waals surface area contributed by atoms with Crippen LogP contribution in [0.15, 0.2) is 18.5 Å². The van der Waals surface area contributed by atoms with Crippen LogP contribution in [0.5, 0.6) is 0 Å². The molecule has 3 heterocycles. The van der Waals surface area contributed by atoms with E-state index >= 15 is 0 Å². The third-order valence-corrected chi connectivity index (χ3v) is 5.93. The molecule has 6 heteroatoms. The minimum atomic E-state index is -0.190. The number of hydrogen-bond donors (Lipinski definition) is 1. The number of carbonyl (C=O) groups is 1. The summed E-state index contributed by atoms with van der Waals surface area (Å²) in [6.45, 7) is 3.17. The Balaban J connectivity index is 1.45. The van der Waals surface area contributed by atoms with Crippen LogP contribution >= 0.6 is 0 Å². The second-order valence-electron chi connectivity index (χ2n) is 7.69. The first kappa shape index (κ1) is 17.5. The molecule has 0 bridgehead atoms. The number of aromatic nitrogens is 2. The molecule has 1 unspecified atom stereocenters. The van der Waals surface area contributed by atoms with E-state index < -0.39 is 0 Å². The molecule has 1 saturated heterocycles. The fraction of sp³-hybridized carbons (Fsp3) is 0.650. The lowest BCUT2D eigenvalue weighted by Gasteiger charge is -2.32. The highest BCUT2D eigenvalue weighted by molar-refractivity contribution is 5.77. The number of piperidine rings is 1. The van der Waals surface area contributed by atoms with E-state index in [1.165, 1.54) is 5.56 Å². The van der Waals surface area contributed by atoms with E-state index in [9.17, 15) is 9.90 Å². The van der Waals surface area contributed by atoms with Gasteiger partial charge in [-0.1, -0.05) is 12.2 Å². The van der Waals surface area contributed by atoms with Gasteiger partial charge in [0.25, 0.3) is 0 Å². The monoisotopic (exact) mass is 356 g/mol. The van der Waals surface area contributed by atoms with Gasteiger partial charge in [-0.2, -0.15) is 0 Å². The lowest BCUT2D eigenvalue weighted by atomic mass is 10.0. The van der Waals surface area contributed by atoms with Crippen molar-refractivity contribution in [1.82, 2.24) is 14.9 Å². The summed E-state index contributed by atoms with van der Waals surface area (Å²) < 4.78 is 0. The molecule has 1 aliphatic carbocycles. The lowest BCUT2D eigenvalue weighted by molar-refractivity contribution is -0.131. The molecule has 2 aliphatic heterocycles. The molecule has 6 nitrogen and oxygen atoms in total. The van der Waals surface area contributed by atoms with Crippen LogP contribution < -0.4 is 4.90 Å². The highest BCUT2D eigenvalue weighted by atomic mass is 16.3. The van der Waals surface area contributed by atoms with Crippen molar-refractivity contribution < 1.29 is 9.90 Å². The molecule has 0 radical (unpaired) electrons. The minimum absolute atomic E-state index is 0.190. The number of hydrogen-bond acceptors (Lipinski definition) is 5. The number of allylic oxidation sites excluding steroid dienone is 2. The molecule has 0 spiro atoms. The standard InChI is InChI=1S/C20H28N4O2/c25-16-5-9-24(10-6-16)20-17-7-11-23(12-8-18(17)21-14-22-20)19(26)13-15-3-1-2-4-15/h1,3,14-16,25H,2,4-13H2. The predicted octanol–water partition coefficient (Wildman–Crippen LogP) is 1.72. The zero-order valence-corrected chi connectivity index (χ0v) is 15.3. The summed E-state index contributed by atoms with van der Waals surface area (Å²) in [6.07, 6.45) is 11.9. The fourth-order valence-corrected chi connectivity index (χ4v) is 4.33. The van der Waals surface area contributed by atoms with E-state index in [0.717, 1.165) is 76.2 Å². The Morgan fingerprint density at radius 1 is 1.12 bits per heavy atom. The van der Waals surface area contributed by atoms with Crippen molar-refractivity contribution in [2.45, 2.75) is 51.0 Å². The zero-order valence-electron chi connectivity index (χ0n) is 15.3. The third-order valence-electron chi connectivity index (χ3n) is 5.93. The molecule has 4 rings (SSSR count). The summed E-state index contributed by atoms with van der Waals surface area (Å²) in [7, 11) is 0. The molecule has 1 fully saturated rings. The van der Waals surface area contributed by atoms with Crippen LogP contribution in [-0.2, 0) is 17.6 Å². The van der Waals surface area contributed by atoms with E-state index in [-0.39, 0.29) is 12.0 Å². The number of rotatable bonds is 3. The van der Waals surface area contributed by atoms with Crippen molar-refractivity contribution in [3.05, 3.63) is 29.7 Å². The summed E-state index contributed by atoms with van der Waals surface area (Å²) in [5.74, 6) is 1.70. The number of anilines is 1. The van der Waals surface area contributed by atoms with Crippen molar-refractivity contribution in [2.24, 2.45) is 5.92 Å². The van der Waals surface area contributed by atoms with Crippen LogP contribution in [0.25, 0.3) is 0 Å². The van der Waals surface area contributed by atoms with Crippen molar-refractivity contribution in [1.29, 1.82) is 0 Å². The Morgan fingerprint density at radius 3 is 2.69 bits per heavy atom. The number of fused-ring (bicyclic) bond motifs is 1. The molecule has 0 aromatic carbocycles. The molecule has 1 amide bonds. The first-order valence-corrected chi connectivity index (χ1v) is 9.91. The summed E-state index contributed by atoms with van der Waals surface area (Å²) >= 11 is 0. The van der Waals surface area contributed by atoms with Gasteiger partial charge in [-0.15, -0.1) is 0 Å². The Hall–Kier alpha value is -1.95. The number of amides is 1. The molecular formula is C20H28N4O2. The van der Waals surface area contributed by atoms with E-state index in [1.807, 2.05) is 4.90 Å². The molecular weight excluding hydrogens is 328 g/mol. The molecule has 1 aromatic rings. The van der Waals surface area contributed by atoms with Crippen LogP contribution in [0.3, 0.4) is 0 Å². The second-order valence-corrected chi connectivity index (χ2v) is 7.69. The summed E-state index contributed by atoms with van der Waals surface area (Å²) in [5.41, 5.74) is 2.28. The van der Waals surface area contributed by atoms with Gasteiger partial charge in [0.1, 0.15) is 12.1 Å². The van der Waals surface area contributed by atoms with Gasteiger partial charge in [-0.05, 0) is 38.0 Å². The van der Waals surface area contributed by atoms with Gasteiger partial charge in [0.05, 0.1) is 11.8 Å². The first-order chi connectivity index (χ1) is 12.7. The quantitative estimate of drug-likeness (QED) is 0.835. The van der Waals surface area contributed by atoms with Crippen molar-refractivity contribution in [3.63, 3.8) is 0 Å². The van der Waals surface area contributed by atoms with E-state index in [0.29, 0.717) is 12.3 Å². The fourth-order valence-electron chi connectivity index (χ4n) is 4.33. The minimum Gasteiger partial charge on any atom is -0.393 e. The lowest BCUT2D eigenvalue weighted by Crippen LogP contribution is -2.37. The Morgan fingerprint density at radius 2 is 1.92 bits per heavy atom. The SMILES string of the molecule is O=C(CC1C=CCC1)N1CCc2ncnc(N3CCC(O)CC3)c2CC1. The smallest absolute Gasteiger partial charge is 0.223 e. The van der Waals surface area contributed by atoms with E-state index in [4.69, 9.17) is 0 Å². The number of aliphatic hydroxyl groups is 1. The van der Waals surface area contributed by atoms with E-state index in [2.05, 4.69) is 27.0 Å². The van der Waals surface area contributed by atoms with Crippen molar-refractivity contribution in [2.75, 3.05) is 31.1 Å². The van der Waals surface area contributed by atoms with Gasteiger partial charge in [-0.25, -0.2) is 9.97 Å². The largest absolute Gasteiger partial charge is 0.393 e. The Kier molecular flexibility index (Phi) is 5.20. The molecule has 26 heavy (non-hydrogen) atoms. The first-order valence-electron chi connectivity index (χ1n) is 9.91. The van der Waals surface area contributed by atoms with Gasteiger partial charge >= 0.3 is 0 Å². The average molecular weight is 356 g/mol. The van der Waals surface area contributed by atoms with Gasteiger partial charge in [0, 0.05) is 44.6 Å². The molecule has 0 saturated carbocycles. The molecule has 1 aromatic heterocycles. The molecule has 140 valence electrons. The van der Waals surface area contributed by atoms with Crippen LogP contribution in [-0.4, -0.2) is 58.2 Å². The third kappa shape index (κ3) is 3.75.